The summed E-state index contributed by atoms with van der Waals surface area (Å²) in [6, 6.07) is 13.5. The van der Waals surface area contributed by atoms with E-state index in [0.717, 1.165) is 16.9 Å². The van der Waals surface area contributed by atoms with Gasteiger partial charge in [-0.3, -0.25) is 4.98 Å². The smallest absolute Gasteiger partial charge is 0.102 e. The molecule has 3 aromatic rings. The average Bonchev–Trinajstić information content (AvgIpc) is 2.82. The molecule has 20 heavy (non-hydrogen) atoms. The lowest BCUT2D eigenvalue weighted by molar-refractivity contribution is 0.199. The van der Waals surface area contributed by atoms with Gasteiger partial charge in [0.1, 0.15) is 6.07 Å². The highest BCUT2D eigenvalue weighted by molar-refractivity contribution is 5.77. The zero-order chi connectivity index (χ0) is 14.1. The predicted molar refractivity (Wildman–Crippen MR) is 76.0 cm³/mol. The number of nitriles is 1. The molecule has 4 nitrogen and oxygen atoms in total. The van der Waals surface area contributed by atoms with E-state index in [1.165, 1.54) is 0 Å². The Labute approximate surface area is 116 Å². The van der Waals surface area contributed by atoms with Crippen molar-refractivity contribution in [3.63, 3.8) is 0 Å². The van der Waals surface area contributed by atoms with Crippen LogP contribution in [0.2, 0.25) is 0 Å². The van der Waals surface area contributed by atoms with Crippen LogP contribution in [0.3, 0.4) is 0 Å². The van der Waals surface area contributed by atoms with Crippen molar-refractivity contribution in [3.8, 4) is 17.5 Å². The summed E-state index contributed by atoms with van der Waals surface area (Å²) in [7, 11) is 0. The molecule has 0 amide bonds. The summed E-state index contributed by atoms with van der Waals surface area (Å²) in [5.41, 5.74) is 3.42. The topological polar surface area (TPSA) is 61.3 Å². The molecule has 1 unspecified atom stereocenters. The molecule has 0 saturated heterocycles. The highest BCUT2D eigenvalue weighted by atomic mass is 16.3. The fourth-order valence-electron chi connectivity index (χ4n) is 2.52. The monoisotopic (exact) mass is 263 g/mol. The Hall–Kier alpha value is -2.64. The summed E-state index contributed by atoms with van der Waals surface area (Å²) in [6.45, 7) is 1.67. The summed E-state index contributed by atoms with van der Waals surface area (Å²) in [5.74, 6) is 0. The first-order valence-corrected chi connectivity index (χ1v) is 6.36. The molecular weight excluding hydrogens is 250 g/mol. The Balaban J connectivity index is 2.47. The van der Waals surface area contributed by atoms with Crippen molar-refractivity contribution in [2.24, 2.45) is 0 Å². The summed E-state index contributed by atoms with van der Waals surface area (Å²) >= 11 is 0. The number of hydrogen-bond donors (Lipinski definition) is 1. The van der Waals surface area contributed by atoms with Gasteiger partial charge in [0, 0.05) is 18.0 Å². The highest BCUT2D eigenvalue weighted by Crippen LogP contribution is 2.34. The van der Waals surface area contributed by atoms with Crippen molar-refractivity contribution in [1.29, 1.82) is 5.26 Å². The number of hydrogen-bond acceptors (Lipinski definition) is 3. The molecule has 0 bridgehead atoms. The van der Waals surface area contributed by atoms with Gasteiger partial charge in [0.05, 0.1) is 28.6 Å². The molecule has 0 fully saturated rings. The molecule has 0 aliphatic rings. The molecule has 1 N–H and O–H groups in total. The average molecular weight is 263 g/mol. The highest BCUT2D eigenvalue weighted by Gasteiger charge is 2.22. The summed E-state index contributed by atoms with van der Waals surface area (Å²) in [5, 5.41) is 19.5. The number of aliphatic hydroxyl groups excluding tert-OH is 1. The number of aliphatic hydroxyl groups is 1. The van der Waals surface area contributed by atoms with Gasteiger partial charge in [-0.1, -0.05) is 12.1 Å². The van der Waals surface area contributed by atoms with Crippen LogP contribution in [0, 0.1) is 11.3 Å². The van der Waals surface area contributed by atoms with Crippen LogP contribution in [0.15, 0.2) is 48.8 Å². The Morgan fingerprint density at radius 1 is 1.25 bits per heavy atom. The molecule has 98 valence electrons. The zero-order valence-electron chi connectivity index (χ0n) is 11.0. The van der Waals surface area contributed by atoms with Crippen LogP contribution in [0.5, 0.6) is 0 Å². The number of aromatic nitrogens is 2. The van der Waals surface area contributed by atoms with E-state index in [-0.39, 0.29) is 0 Å². The van der Waals surface area contributed by atoms with Gasteiger partial charge < -0.3 is 9.51 Å². The number of rotatable bonds is 2. The van der Waals surface area contributed by atoms with Crippen LogP contribution in [0.25, 0.3) is 16.9 Å². The number of fused-ring (bicyclic) bond motifs is 1. The van der Waals surface area contributed by atoms with E-state index in [4.69, 9.17) is 0 Å². The van der Waals surface area contributed by atoms with Crippen molar-refractivity contribution in [3.05, 3.63) is 59.9 Å². The molecule has 0 spiro atoms. The molecule has 0 aliphatic heterocycles. The first-order chi connectivity index (χ1) is 9.74. The van der Waals surface area contributed by atoms with Gasteiger partial charge in [-0.15, -0.1) is 0 Å². The van der Waals surface area contributed by atoms with Gasteiger partial charge in [-0.25, -0.2) is 0 Å². The van der Waals surface area contributed by atoms with Gasteiger partial charge in [0.2, 0.25) is 0 Å². The van der Waals surface area contributed by atoms with E-state index in [1.807, 2.05) is 47.0 Å². The quantitative estimate of drug-likeness (QED) is 0.773. The Morgan fingerprint density at radius 2 is 2.05 bits per heavy atom. The Bertz CT molecular complexity index is 798. The molecule has 0 radical (unpaired) electrons. The second-order valence-corrected chi connectivity index (χ2v) is 4.60. The van der Waals surface area contributed by atoms with Gasteiger partial charge in [0.15, 0.2) is 0 Å². The molecule has 3 rings (SSSR count). The van der Waals surface area contributed by atoms with E-state index < -0.39 is 6.10 Å². The predicted octanol–water partition coefficient (Wildman–Crippen LogP) is 2.93. The molecule has 4 heteroatoms. The van der Waals surface area contributed by atoms with Gasteiger partial charge in [-0.2, -0.15) is 5.26 Å². The standard InChI is InChI=1S/C16H13N3O/c1-11(20)15-12(10-17)14-7-3-5-9-19(14)16(15)13-6-2-4-8-18-13/h2-9,11,20H,1H3. The third kappa shape index (κ3) is 1.77. The minimum atomic E-state index is -0.735. The van der Waals surface area contributed by atoms with Crippen molar-refractivity contribution >= 4 is 5.52 Å². The van der Waals surface area contributed by atoms with Gasteiger partial charge in [0.25, 0.3) is 0 Å². The van der Waals surface area contributed by atoms with E-state index in [1.54, 1.807) is 13.1 Å². The number of nitrogens with zero attached hydrogens (tertiary/aromatic N) is 3. The molecule has 3 aromatic heterocycles. The third-order valence-electron chi connectivity index (χ3n) is 3.32. The first-order valence-electron chi connectivity index (χ1n) is 6.36. The lowest BCUT2D eigenvalue weighted by atomic mass is 10.0. The lowest BCUT2D eigenvalue weighted by Gasteiger charge is -2.08. The van der Waals surface area contributed by atoms with E-state index in [2.05, 4.69) is 11.1 Å². The third-order valence-corrected chi connectivity index (χ3v) is 3.32. The van der Waals surface area contributed by atoms with Crippen LogP contribution in [-0.2, 0) is 0 Å². The van der Waals surface area contributed by atoms with Crippen LogP contribution in [0.4, 0.5) is 0 Å². The maximum absolute atomic E-state index is 10.1. The molecule has 1 atom stereocenters. The fraction of sp³-hybridized carbons (Fsp3) is 0.125. The van der Waals surface area contributed by atoms with Gasteiger partial charge in [-0.05, 0) is 31.2 Å². The first kappa shape index (κ1) is 12.4. The zero-order valence-corrected chi connectivity index (χ0v) is 11.0. The normalized spacial score (nSPS) is 12.2. The molecule has 3 heterocycles. The van der Waals surface area contributed by atoms with Crippen LogP contribution < -0.4 is 0 Å². The molecule has 0 saturated carbocycles. The van der Waals surface area contributed by atoms with Crippen molar-refractivity contribution < 1.29 is 5.11 Å². The lowest BCUT2D eigenvalue weighted by Crippen LogP contribution is -1.97. The number of pyridine rings is 2. The van der Waals surface area contributed by atoms with Gasteiger partial charge >= 0.3 is 0 Å². The molecule has 0 aliphatic carbocycles. The summed E-state index contributed by atoms with van der Waals surface area (Å²) in [4.78, 5) is 4.35. The second kappa shape index (κ2) is 4.80. The summed E-state index contributed by atoms with van der Waals surface area (Å²) < 4.78 is 1.91. The Morgan fingerprint density at radius 3 is 2.70 bits per heavy atom. The minimum Gasteiger partial charge on any atom is -0.389 e. The van der Waals surface area contributed by atoms with Crippen LogP contribution in [-0.4, -0.2) is 14.5 Å². The largest absolute Gasteiger partial charge is 0.389 e. The van der Waals surface area contributed by atoms with E-state index >= 15 is 0 Å². The van der Waals surface area contributed by atoms with Crippen LogP contribution in [0.1, 0.15) is 24.2 Å². The fourth-order valence-corrected chi connectivity index (χ4v) is 2.52. The van der Waals surface area contributed by atoms with Crippen LogP contribution >= 0.6 is 0 Å². The maximum Gasteiger partial charge on any atom is 0.102 e. The van der Waals surface area contributed by atoms with E-state index in [0.29, 0.717) is 11.1 Å². The second-order valence-electron chi connectivity index (χ2n) is 4.60. The molecule has 0 aromatic carbocycles. The van der Waals surface area contributed by atoms with Crippen molar-refractivity contribution in [2.45, 2.75) is 13.0 Å². The van der Waals surface area contributed by atoms with Crippen molar-refractivity contribution in [1.82, 2.24) is 9.38 Å². The molecular formula is C16H13N3O. The Kier molecular flexibility index (Phi) is 2.97. The SMILES string of the molecule is CC(O)c1c(C#N)c2ccccn2c1-c1ccccn1. The van der Waals surface area contributed by atoms with Crippen molar-refractivity contribution in [2.75, 3.05) is 0 Å². The maximum atomic E-state index is 10.1. The minimum absolute atomic E-state index is 0.501. The van der Waals surface area contributed by atoms with E-state index in [9.17, 15) is 10.4 Å². The summed E-state index contributed by atoms with van der Waals surface area (Å²) in [6.07, 6.45) is 2.85.